The lowest BCUT2D eigenvalue weighted by Crippen LogP contribution is -2.03. The van der Waals surface area contributed by atoms with Crippen LogP contribution in [0.25, 0.3) is 21.5 Å². The lowest BCUT2D eigenvalue weighted by molar-refractivity contribution is 0.150. The molecule has 0 saturated heterocycles. The largest absolute Gasteiger partial charge is 0.506 e. The third-order valence-electron chi connectivity index (χ3n) is 2.68. The van der Waals surface area contributed by atoms with E-state index in [1.54, 1.807) is 0 Å². The van der Waals surface area contributed by atoms with E-state index in [0.29, 0.717) is 16.4 Å². The van der Waals surface area contributed by atoms with E-state index in [1.165, 1.54) is 18.2 Å². The summed E-state index contributed by atoms with van der Waals surface area (Å²) in [5.41, 5.74) is -1.11. The summed E-state index contributed by atoms with van der Waals surface area (Å²) in [6.45, 7) is 0. The van der Waals surface area contributed by atoms with Crippen LogP contribution in [0.4, 0.5) is 8.78 Å². The molecule has 0 aliphatic heterocycles. The lowest BCUT2D eigenvalue weighted by Gasteiger charge is -2.03. The van der Waals surface area contributed by atoms with Gasteiger partial charge in [0.15, 0.2) is 10.0 Å². The fourth-order valence-corrected chi connectivity index (χ4v) is 2.67. The molecule has 0 aliphatic rings. The Morgan fingerprint density at radius 3 is 2.76 bits per heavy atom. The van der Waals surface area contributed by atoms with Gasteiger partial charge in [0.25, 0.3) is 6.43 Å². The Kier molecular flexibility index (Phi) is 3.34. The number of aromatic hydroxyl groups is 1. The fraction of sp³-hybridized carbons (Fsp3) is 0.0833. The minimum atomic E-state index is -2.80. The molecule has 108 valence electrons. The number of hydrogen-bond donors (Lipinski definition) is 1. The molecular weight excluding hydrogens is 326 g/mol. The van der Waals surface area contributed by atoms with E-state index >= 15 is 0 Å². The topological polar surface area (TPSA) is 76.2 Å². The molecule has 0 spiro atoms. The smallest absolute Gasteiger partial charge is 0.350 e. The van der Waals surface area contributed by atoms with Gasteiger partial charge in [-0.05, 0) is 12.1 Å². The molecule has 0 unspecified atom stereocenters. The lowest BCUT2D eigenvalue weighted by atomic mass is 10.1. The van der Waals surface area contributed by atoms with Gasteiger partial charge in [0, 0.05) is 11.1 Å². The van der Waals surface area contributed by atoms with E-state index < -0.39 is 22.8 Å². The molecule has 0 amide bonds. The van der Waals surface area contributed by atoms with Crippen molar-refractivity contribution in [3.8, 4) is 16.3 Å². The molecule has 1 aromatic carbocycles. The summed E-state index contributed by atoms with van der Waals surface area (Å²) < 4.78 is 30.1. The molecule has 5 nitrogen and oxygen atoms in total. The van der Waals surface area contributed by atoms with Crippen molar-refractivity contribution in [2.75, 3.05) is 0 Å². The summed E-state index contributed by atoms with van der Waals surface area (Å²) in [5, 5.41) is 16.8. The summed E-state index contributed by atoms with van der Waals surface area (Å²) in [7, 11) is 0. The molecule has 0 bridgehead atoms. The van der Waals surface area contributed by atoms with Gasteiger partial charge in [-0.2, -0.15) is 0 Å². The highest BCUT2D eigenvalue weighted by atomic mass is 35.5. The summed E-state index contributed by atoms with van der Waals surface area (Å²) in [6.07, 6.45) is -2.80. The van der Waals surface area contributed by atoms with Crippen molar-refractivity contribution in [1.29, 1.82) is 0 Å². The van der Waals surface area contributed by atoms with E-state index in [0.717, 1.165) is 0 Å². The summed E-state index contributed by atoms with van der Waals surface area (Å²) in [6, 6.07) is 4.32. The number of hydrogen-bond acceptors (Lipinski definition) is 6. The molecule has 0 aliphatic carbocycles. The normalized spacial score (nSPS) is 11.4. The van der Waals surface area contributed by atoms with Gasteiger partial charge in [-0.15, -0.1) is 10.2 Å². The third kappa shape index (κ3) is 2.36. The molecule has 0 fully saturated rings. The van der Waals surface area contributed by atoms with Crippen molar-refractivity contribution in [3.63, 3.8) is 0 Å². The summed E-state index contributed by atoms with van der Waals surface area (Å²) >= 11 is 6.29. The van der Waals surface area contributed by atoms with Gasteiger partial charge in [-0.3, -0.25) is 0 Å². The zero-order chi connectivity index (χ0) is 15.1. The molecule has 0 atom stereocenters. The number of fused-ring (bicyclic) bond motifs is 1. The molecule has 0 radical (unpaired) electrons. The van der Waals surface area contributed by atoms with Crippen molar-refractivity contribution in [1.82, 2.24) is 10.2 Å². The van der Waals surface area contributed by atoms with Gasteiger partial charge in [0.05, 0.1) is 5.39 Å². The van der Waals surface area contributed by atoms with Crippen LogP contribution in [0.15, 0.2) is 27.4 Å². The molecule has 1 N–H and O–H groups in total. The number of aromatic nitrogens is 2. The average Bonchev–Trinajstić information content (AvgIpc) is 2.87. The van der Waals surface area contributed by atoms with Crippen LogP contribution in [0.3, 0.4) is 0 Å². The molecule has 2 heterocycles. The van der Waals surface area contributed by atoms with E-state index in [4.69, 9.17) is 16.0 Å². The first-order valence-corrected chi connectivity index (χ1v) is 6.74. The highest BCUT2D eigenvalue weighted by Gasteiger charge is 2.22. The molecule has 2 aromatic heterocycles. The third-order valence-corrected chi connectivity index (χ3v) is 3.87. The standard InChI is InChI=1S/C12H5ClF2N2O3S/c13-4-1-2-5-6(3-4)20-12(19)7(8(5)18)10-16-17-11(21-10)9(14)15/h1-3,9,18H. The van der Waals surface area contributed by atoms with Crippen molar-refractivity contribution >= 4 is 33.9 Å². The van der Waals surface area contributed by atoms with Crippen LogP contribution in [0.1, 0.15) is 11.4 Å². The minimum Gasteiger partial charge on any atom is -0.506 e. The Hall–Kier alpha value is -2.06. The van der Waals surface area contributed by atoms with Gasteiger partial charge >= 0.3 is 5.63 Å². The highest BCUT2D eigenvalue weighted by molar-refractivity contribution is 7.14. The van der Waals surface area contributed by atoms with Gasteiger partial charge in [-0.1, -0.05) is 22.9 Å². The van der Waals surface area contributed by atoms with Gasteiger partial charge in [-0.25, -0.2) is 13.6 Å². The second-order valence-electron chi connectivity index (χ2n) is 4.00. The number of benzene rings is 1. The maximum absolute atomic E-state index is 12.5. The van der Waals surface area contributed by atoms with E-state index in [1.807, 2.05) is 0 Å². The predicted octanol–water partition coefficient (Wildman–Crippen LogP) is 3.61. The zero-order valence-corrected chi connectivity index (χ0v) is 11.6. The van der Waals surface area contributed by atoms with Crippen molar-refractivity contribution in [2.45, 2.75) is 6.43 Å². The van der Waals surface area contributed by atoms with Gasteiger partial charge < -0.3 is 9.52 Å². The number of rotatable bonds is 2. The van der Waals surface area contributed by atoms with Gasteiger partial charge in [0.1, 0.15) is 16.9 Å². The Labute approximate surface area is 124 Å². The molecule has 3 aromatic rings. The SMILES string of the molecule is O=c1oc2cc(Cl)ccc2c(O)c1-c1nnc(C(F)F)s1. The Bertz CT molecular complexity index is 894. The molecule has 0 saturated carbocycles. The summed E-state index contributed by atoms with van der Waals surface area (Å²) in [4.78, 5) is 11.9. The quantitative estimate of drug-likeness (QED) is 0.726. The van der Waals surface area contributed by atoms with Crippen LogP contribution in [0.2, 0.25) is 5.02 Å². The molecule has 9 heteroatoms. The van der Waals surface area contributed by atoms with Crippen LogP contribution in [0, 0.1) is 0 Å². The predicted molar refractivity (Wildman–Crippen MR) is 73.0 cm³/mol. The van der Waals surface area contributed by atoms with Gasteiger partial charge in [0.2, 0.25) is 0 Å². The molecule has 3 rings (SSSR count). The monoisotopic (exact) mass is 330 g/mol. The van der Waals surface area contributed by atoms with Crippen molar-refractivity contribution in [3.05, 3.63) is 38.6 Å². The maximum Gasteiger partial charge on any atom is 0.350 e. The Balaban J connectivity index is 2.27. The van der Waals surface area contributed by atoms with Crippen LogP contribution in [0.5, 0.6) is 5.75 Å². The van der Waals surface area contributed by atoms with Crippen LogP contribution in [-0.4, -0.2) is 15.3 Å². The minimum absolute atomic E-state index is 0.0901. The fourth-order valence-electron chi connectivity index (χ4n) is 1.77. The number of nitrogens with zero attached hydrogens (tertiary/aromatic N) is 2. The van der Waals surface area contributed by atoms with Crippen LogP contribution >= 0.6 is 22.9 Å². The average molecular weight is 331 g/mol. The first-order valence-electron chi connectivity index (χ1n) is 5.54. The molecular formula is C12H5ClF2N2O3S. The number of halogens is 3. The first kappa shape index (κ1) is 13.9. The van der Waals surface area contributed by atoms with E-state index in [-0.39, 0.29) is 21.5 Å². The Morgan fingerprint density at radius 1 is 1.33 bits per heavy atom. The van der Waals surface area contributed by atoms with Crippen molar-refractivity contribution < 1.29 is 18.3 Å². The summed E-state index contributed by atoms with van der Waals surface area (Å²) in [5.74, 6) is -0.408. The zero-order valence-electron chi connectivity index (χ0n) is 10.0. The van der Waals surface area contributed by atoms with E-state index in [2.05, 4.69) is 10.2 Å². The first-order chi connectivity index (χ1) is 9.97. The highest BCUT2D eigenvalue weighted by Crippen LogP contribution is 2.36. The second-order valence-corrected chi connectivity index (χ2v) is 5.45. The van der Waals surface area contributed by atoms with E-state index in [9.17, 15) is 18.7 Å². The van der Waals surface area contributed by atoms with Crippen LogP contribution in [-0.2, 0) is 0 Å². The number of alkyl halides is 2. The Morgan fingerprint density at radius 2 is 2.10 bits per heavy atom. The van der Waals surface area contributed by atoms with Crippen LogP contribution < -0.4 is 5.63 Å². The second kappa shape index (κ2) is 5.05. The van der Waals surface area contributed by atoms with Crippen molar-refractivity contribution in [2.24, 2.45) is 0 Å². The molecule has 21 heavy (non-hydrogen) atoms. The maximum atomic E-state index is 12.5.